The van der Waals surface area contributed by atoms with Crippen molar-refractivity contribution in [2.75, 3.05) is 57.4 Å². The van der Waals surface area contributed by atoms with Gasteiger partial charge in [0.05, 0.1) is 28.3 Å². The lowest BCUT2D eigenvalue weighted by molar-refractivity contribution is 0.0376. The molecule has 38 heavy (non-hydrogen) atoms. The van der Waals surface area contributed by atoms with Crippen molar-refractivity contribution in [1.29, 1.82) is 0 Å². The van der Waals surface area contributed by atoms with E-state index in [0.29, 0.717) is 30.3 Å². The number of benzene rings is 2. The van der Waals surface area contributed by atoms with Crippen LogP contribution in [0.15, 0.2) is 47.4 Å². The van der Waals surface area contributed by atoms with Gasteiger partial charge in [-0.2, -0.15) is 4.31 Å². The fourth-order valence-corrected chi connectivity index (χ4v) is 7.33. The third-order valence-electron chi connectivity index (χ3n) is 6.65. The van der Waals surface area contributed by atoms with Crippen LogP contribution in [0.2, 0.25) is 0 Å². The highest BCUT2D eigenvalue weighted by Crippen LogP contribution is 2.31. The lowest BCUT2D eigenvalue weighted by Crippen LogP contribution is -2.39. The average Bonchev–Trinajstić information content (AvgIpc) is 3.34. The average molecular weight is 559 g/mol. The molecule has 1 amide bonds. The van der Waals surface area contributed by atoms with Crippen molar-refractivity contribution in [1.82, 2.24) is 14.2 Å². The predicted molar refractivity (Wildman–Crippen MR) is 154 cm³/mol. The number of anilines is 1. The molecule has 1 aromatic heterocycles. The van der Waals surface area contributed by atoms with Gasteiger partial charge in [-0.1, -0.05) is 31.3 Å². The molecule has 2 aromatic carbocycles. The third-order valence-corrected chi connectivity index (χ3v) is 9.61. The second-order valence-electron chi connectivity index (χ2n) is 9.66. The van der Waals surface area contributed by atoms with Gasteiger partial charge < -0.3 is 4.74 Å². The van der Waals surface area contributed by atoms with Gasteiger partial charge in [0.15, 0.2) is 5.13 Å². The molecule has 3 aromatic rings. The molecule has 1 aliphatic rings. The number of fused-ring (bicyclic) bond motifs is 1. The van der Waals surface area contributed by atoms with Gasteiger partial charge in [-0.25, -0.2) is 13.4 Å². The van der Waals surface area contributed by atoms with E-state index >= 15 is 0 Å². The second kappa shape index (κ2) is 13.1. The number of rotatable bonds is 12. The zero-order chi connectivity index (χ0) is 27.1. The summed E-state index contributed by atoms with van der Waals surface area (Å²) in [7, 11) is -3.61. The Hall–Kier alpha value is -2.37. The maximum Gasteiger partial charge on any atom is 0.260 e. The lowest BCUT2D eigenvalue weighted by atomic mass is 10.2. The number of aryl methyl sites for hydroxylation is 1. The van der Waals surface area contributed by atoms with Crippen molar-refractivity contribution >= 4 is 42.6 Å². The van der Waals surface area contributed by atoms with Crippen LogP contribution in [0.5, 0.6) is 0 Å². The van der Waals surface area contributed by atoms with Crippen LogP contribution in [0.25, 0.3) is 10.2 Å². The molecular weight excluding hydrogens is 520 g/mol. The molecule has 0 atom stereocenters. The largest absolute Gasteiger partial charge is 0.379 e. The molecule has 0 saturated carbocycles. The molecule has 4 rings (SSSR count). The number of hydrogen-bond acceptors (Lipinski definition) is 7. The standard InChI is InChI=1S/C28H38N4O4S2/c1-4-13-31(14-5-2)38(34,35)24-10-8-23(9-11-24)27(33)32(16-6-15-30-17-19-36-20-18-30)28-29-25-12-7-22(3)21-26(25)37-28/h7-12,21H,4-6,13-20H2,1-3H3. The SMILES string of the molecule is CCCN(CCC)S(=O)(=O)c1ccc(C(=O)N(CCCN2CCOCC2)c2nc3ccc(C)cc3s2)cc1. The number of ether oxygens (including phenoxy) is 1. The van der Waals surface area contributed by atoms with Gasteiger partial charge in [0.25, 0.3) is 5.91 Å². The Kier molecular flexibility index (Phi) is 9.89. The van der Waals surface area contributed by atoms with E-state index in [0.717, 1.165) is 67.9 Å². The number of amides is 1. The quantitative estimate of drug-likeness (QED) is 0.318. The van der Waals surface area contributed by atoms with Crippen molar-refractivity contribution < 1.29 is 17.9 Å². The number of aromatic nitrogens is 1. The Morgan fingerprint density at radius 3 is 2.37 bits per heavy atom. The summed E-state index contributed by atoms with van der Waals surface area (Å²) < 4.78 is 34.4. The van der Waals surface area contributed by atoms with Crippen LogP contribution in [-0.2, 0) is 14.8 Å². The van der Waals surface area contributed by atoms with Gasteiger partial charge in [0.2, 0.25) is 10.0 Å². The molecule has 10 heteroatoms. The van der Waals surface area contributed by atoms with E-state index in [1.54, 1.807) is 29.2 Å². The van der Waals surface area contributed by atoms with Crippen LogP contribution >= 0.6 is 11.3 Å². The number of nitrogens with zero attached hydrogens (tertiary/aromatic N) is 4. The molecule has 206 valence electrons. The van der Waals surface area contributed by atoms with Gasteiger partial charge in [-0.3, -0.25) is 14.6 Å². The summed E-state index contributed by atoms with van der Waals surface area (Å²) in [6.45, 7) is 11.6. The van der Waals surface area contributed by atoms with Crippen molar-refractivity contribution in [2.45, 2.75) is 44.9 Å². The molecule has 8 nitrogen and oxygen atoms in total. The summed E-state index contributed by atoms with van der Waals surface area (Å²) in [6, 6.07) is 12.4. The molecule has 1 saturated heterocycles. The highest BCUT2D eigenvalue weighted by Gasteiger charge is 2.25. The molecule has 0 radical (unpaired) electrons. The van der Waals surface area contributed by atoms with Crippen LogP contribution < -0.4 is 4.90 Å². The summed E-state index contributed by atoms with van der Waals surface area (Å²) >= 11 is 1.51. The molecular formula is C28H38N4O4S2. The summed E-state index contributed by atoms with van der Waals surface area (Å²) in [5.41, 5.74) is 2.47. The first-order valence-electron chi connectivity index (χ1n) is 13.4. The maximum atomic E-state index is 13.8. The molecule has 0 aliphatic carbocycles. The first kappa shape index (κ1) is 28.6. The van der Waals surface area contributed by atoms with E-state index in [9.17, 15) is 13.2 Å². The first-order chi connectivity index (χ1) is 18.3. The van der Waals surface area contributed by atoms with Gasteiger partial charge in [-0.05, 0) is 68.1 Å². The number of carbonyl (C=O) groups excluding carboxylic acids is 1. The molecule has 0 spiro atoms. The Morgan fingerprint density at radius 2 is 1.71 bits per heavy atom. The fourth-order valence-electron chi connectivity index (χ4n) is 4.62. The monoisotopic (exact) mass is 558 g/mol. The molecule has 0 N–H and O–H groups in total. The summed E-state index contributed by atoms with van der Waals surface area (Å²) in [5.74, 6) is -0.175. The van der Waals surface area contributed by atoms with Gasteiger partial charge >= 0.3 is 0 Å². The Bertz CT molecular complexity index is 1310. The first-order valence-corrected chi connectivity index (χ1v) is 15.7. The van der Waals surface area contributed by atoms with E-state index in [4.69, 9.17) is 9.72 Å². The number of morpholine rings is 1. The Balaban J connectivity index is 1.57. The van der Waals surface area contributed by atoms with Crippen LogP contribution in [0, 0.1) is 6.92 Å². The van der Waals surface area contributed by atoms with Gasteiger partial charge in [0, 0.05) is 44.8 Å². The van der Waals surface area contributed by atoms with Crippen LogP contribution in [-0.4, -0.2) is 81.0 Å². The predicted octanol–water partition coefficient (Wildman–Crippen LogP) is 4.78. The zero-order valence-electron chi connectivity index (χ0n) is 22.6. The van der Waals surface area contributed by atoms with Gasteiger partial charge in [0.1, 0.15) is 0 Å². The van der Waals surface area contributed by atoms with Crippen LogP contribution in [0.3, 0.4) is 0 Å². The summed E-state index contributed by atoms with van der Waals surface area (Å²) in [4.78, 5) is 22.9. The van der Waals surface area contributed by atoms with E-state index in [2.05, 4.69) is 11.0 Å². The minimum Gasteiger partial charge on any atom is -0.379 e. The maximum absolute atomic E-state index is 13.8. The van der Waals surface area contributed by atoms with Crippen LogP contribution in [0.1, 0.15) is 49.0 Å². The zero-order valence-corrected chi connectivity index (χ0v) is 24.2. The molecule has 0 bridgehead atoms. The van der Waals surface area contributed by atoms with Crippen molar-refractivity contribution in [2.24, 2.45) is 0 Å². The minimum atomic E-state index is -3.61. The van der Waals surface area contributed by atoms with Crippen molar-refractivity contribution in [3.63, 3.8) is 0 Å². The molecule has 1 aliphatic heterocycles. The molecule has 2 heterocycles. The fraction of sp³-hybridized carbons (Fsp3) is 0.500. The number of hydrogen-bond donors (Lipinski definition) is 0. The van der Waals surface area contributed by atoms with E-state index in [1.165, 1.54) is 15.6 Å². The van der Waals surface area contributed by atoms with E-state index in [-0.39, 0.29) is 10.8 Å². The summed E-state index contributed by atoms with van der Waals surface area (Å²) in [5, 5.41) is 0.659. The van der Waals surface area contributed by atoms with Crippen molar-refractivity contribution in [3.05, 3.63) is 53.6 Å². The minimum absolute atomic E-state index is 0.175. The van der Waals surface area contributed by atoms with Crippen LogP contribution in [0.4, 0.5) is 5.13 Å². The number of carbonyl (C=O) groups is 1. The van der Waals surface area contributed by atoms with E-state index < -0.39 is 10.0 Å². The Morgan fingerprint density at radius 1 is 1.03 bits per heavy atom. The Labute approximate surface area is 230 Å². The smallest absolute Gasteiger partial charge is 0.260 e. The highest BCUT2D eigenvalue weighted by atomic mass is 32.2. The highest BCUT2D eigenvalue weighted by molar-refractivity contribution is 7.89. The normalized spacial score (nSPS) is 14.8. The summed E-state index contributed by atoms with van der Waals surface area (Å²) in [6.07, 6.45) is 2.30. The lowest BCUT2D eigenvalue weighted by Gasteiger charge is -2.27. The topological polar surface area (TPSA) is 83.1 Å². The number of sulfonamides is 1. The second-order valence-corrected chi connectivity index (χ2v) is 12.6. The van der Waals surface area contributed by atoms with Gasteiger partial charge in [-0.15, -0.1) is 0 Å². The van der Waals surface area contributed by atoms with Crippen molar-refractivity contribution in [3.8, 4) is 0 Å². The third kappa shape index (κ3) is 6.79. The number of thiazole rings is 1. The molecule has 1 fully saturated rings. The van der Waals surface area contributed by atoms with E-state index in [1.807, 2.05) is 32.9 Å². The molecule has 0 unspecified atom stereocenters.